The fourth-order valence-electron chi connectivity index (χ4n) is 1.65. The lowest BCUT2D eigenvalue weighted by atomic mass is 10.1. The van der Waals surface area contributed by atoms with Crippen LogP contribution in [0.25, 0.3) is 0 Å². The molecule has 1 heterocycles. The van der Waals surface area contributed by atoms with E-state index in [1.54, 1.807) is 6.07 Å². The van der Waals surface area contributed by atoms with Gasteiger partial charge in [-0.15, -0.1) is 0 Å². The Kier molecular flexibility index (Phi) is 3.57. The number of aromatic carboxylic acids is 1. The molecule has 0 fully saturated rings. The zero-order valence-electron chi connectivity index (χ0n) is 9.96. The number of carbonyl (C=O) groups is 1. The van der Waals surface area contributed by atoms with E-state index in [4.69, 9.17) is 9.84 Å². The maximum atomic E-state index is 11.0. The van der Waals surface area contributed by atoms with E-state index >= 15 is 0 Å². The first-order valence-corrected chi connectivity index (χ1v) is 5.65. The molecular formula is C14H13NO3. The first kappa shape index (κ1) is 12.1. The van der Waals surface area contributed by atoms with Crippen molar-refractivity contribution in [3.63, 3.8) is 0 Å². The predicted octanol–water partition coefficient (Wildman–Crippen LogP) is 3.13. The summed E-state index contributed by atoms with van der Waals surface area (Å²) in [5.41, 5.74) is 1.09. The average molecular weight is 243 g/mol. The Bertz CT molecular complexity index is 566. The van der Waals surface area contributed by atoms with Crippen molar-refractivity contribution in [1.82, 2.24) is 4.98 Å². The molecule has 0 spiro atoms. The molecule has 18 heavy (non-hydrogen) atoms. The SMILES string of the molecule is CCc1ccccc1Oc1ccncc1C(=O)O. The van der Waals surface area contributed by atoms with E-state index in [1.165, 1.54) is 12.4 Å². The number of para-hydroxylation sites is 1. The molecule has 0 aliphatic heterocycles. The van der Waals surface area contributed by atoms with Crippen molar-refractivity contribution in [2.24, 2.45) is 0 Å². The second kappa shape index (κ2) is 5.31. The van der Waals surface area contributed by atoms with Crippen LogP contribution in [-0.2, 0) is 6.42 Å². The molecule has 2 rings (SSSR count). The number of carboxylic acids is 1. The molecule has 1 aromatic carbocycles. The van der Waals surface area contributed by atoms with Crippen LogP contribution in [0.15, 0.2) is 42.7 Å². The van der Waals surface area contributed by atoms with Gasteiger partial charge in [0, 0.05) is 18.5 Å². The van der Waals surface area contributed by atoms with Gasteiger partial charge < -0.3 is 9.84 Å². The minimum absolute atomic E-state index is 0.0587. The van der Waals surface area contributed by atoms with E-state index in [0.29, 0.717) is 11.5 Å². The Morgan fingerprint density at radius 3 is 2.78 bits per heavy atom. The van der Waals surface area contributed by atoms with E-state index < -0.39 is 5.97 Å². The summed E-state index contributed by atoms with van der Waals surface area (Å²) in [6.07, 6.45) is 3.62. The van der Waals surface area contributed by atoms with Crippen LogP contribution in [0, 0.1) is 0 Å². The number of carboxylic acid groups (broad SMARTS) is 1. The number of aromatic nitrogens is 1. The third-order valence-corrected chi connectivity index (χ3v) is 2.58. The molecule has 0 saturated heterocycles. The molecule has 0 amide bonds. The quantitative estimate of drug-likeness (QED) is 0.896. The number of hydrogen-bond donors (Lipinski definition) is 1. The van der Waals surface area contributed by atoms with Crippen molar-refractivity contribution in [2.45, 2.75) is 13.3 Å². The van der Waals surface area contributed by atoms with Crippen LogP contribution >= 0.6 is 0 Å². The van der Waals surface area contributed by atoms with Gasteiger partial charge in [-0.1, -0.05) is 25.1 Å². The Hall–Kier alpha value is -2.36. The number of rotatable bonds is 4. The highest BCUT2D eigenvalue weighted by Gasteiger charge is 2.12. The number of benzene rings is 1. The van der Waals surface area contributed by atoms with Crippen molar-refractivity contribution in [3.8, 4) is 11.5 Å². The minimum Gasteiger partial charge on any atom is -0.477 e. The molecule has 1 aromatic heterocycles. The predicted molar refractivity (Wildman–Crippen MR) is 67.1 cm³/mol. The molecule has 92 valence electrons. The molecule has 2 aromatic rings. The number of pyridine rings is 1. The largest absolute Gasteiger partial charge is 0.477 e. The molecule has 0 aliphatic carbocycles. The first-order chi connectivity index (χ1) is 8.72. The van der Waals surface area contributed by atoms with Crippen molar-refractivity contribution in [3.05, 3.63) is 53.9 Å². The zero-order chi connectivity index (χ0) is 13.0. The normalized spacial score (nSPS) is 10.1. The highest BCUT2D eigenvalue weighted by molar-refractivity contribution is 5.90. The second-order valence-corrected chi connectivity index (χ2v) is 3.74. The topological polar surface area (TPSA) is 59.4 Å². The molecule has 4 nitrogen and oxygen atoms in total. The summed E-state index contributed by atoms with van der Waals surface area (Å²) in [7, 11) is 0. The van der Waals surface area contributed by atoms with Crippen LogP contribution in [0.3, 0.4) is 0 Å². The van der Waals surface area contributed by atoms with E-state index in [9.17, 15) is 4.79 Å². The summed E-state index contributed by atoms with van der Waals surface area (Å²) >= 11 is 0. The summed E-state index contributed by atoms with van der Waals surface area (Å²) in [6, 6.07) is 9.12. The molecule has 4 heteroatoms. The van der Waals surface area contributed by atoms with Crippen LogP contribution in [0.1, 0.15) is 22.8 Å². The monoisotopic (exact) mass is 243 g/mol. The third-order valence-electron chi connectivity index (χ3n) is 2.58. The van der Waals surface area contributed by atoms with Crippen molar-refractivity contribution in [1.29, 1.82) is 0 Å². The Morgan fingerprint density at radius 2 is 2.06 bits per heavy atom. The smallest absolute Gasteiger partial charge is 0.341 e. The number of ether oxygens (including phenoxy) is 1. The van der Waals surface area contributed by atoms with Gasteiger partial charge in [-0.2, -0.15) is 0 Å². The van der Waals surface area contributed by atoms with Gasteiger partial charge in [0.2, 0.25) is 0 Å². The van der Waals surface area contributed by atoms with Crippen LogP contribution in [0.5, 0.6) is 11.5 Å². The average Bonchev–Trinajstić information content (AvgIpc) is 2.40. The molecule has 0 bridgehead atoms. The molecule has 0 saturated carbocycles. The second-order valence-electron chi connectivity index (χ2n) is 3.74. The lowest BCUT2D eigenvalue weighted by Crippen LogP contribution is -2.01. The number of aryl methyl sites for hydroxylation is 1. The lowest BCUT2D eigenvalue weighted by molar-refractivity contribution is 0.0693. The highest BCUT2D eigenvalue weighted by Crippen LogP contribution is 2.27. The highest BCUT2D eigenvalue weighted by atomic mass is 16.5. The van der Waals surface area contributed by atoms with Gasteiger partial charge in [-0.3, -0.25) is 4.98 Å². The Balaban J connectivity index is 2.37. The fourth-order valence-corrected chi connectivity index (χ4v) is 1.65. The Morgan fingerprint density at radius 1 is 1.28 bits per heavy atom. The standard InChI is InChI=1S/C14H13NO3/c1-2-10-5-3-4-6-12(10)18-13-7-8-15-9-11(13)14(16)17/h3-9H,2H2,1H3,(H,16,17). The van der Waals surface area contributed by atoms with Crippen molar-refractivity contribution < 1.29 is 14.6 Å². The maximum absolute atomic E-state index is 11.0. The Labute approximate surface area is 105 Å². The third kappa shape index (κ3) is 2.48. The number of hydrogen-bond acceptors (Lipinski definition) is 3. The summed E-state index contributed by atoms with van der Waals surface area (Å²) < 4.78 is 5.67. The molecule has 1 N–H and O–H groups in total. The molecule has 0 aliphatic rings. The lowest BCUT2D eigenvalue weighted by Gasteiger charge is -2.11. The molecule has 0 radical (unpaired) electrons. The zero-order valence-corrected chi connectivity index (χ0v) is 9.96. The maximum Gasteiger partial charge on any atom is 0.341 e. The van der Waals surface area contributed by atoms with Gasteiger partial charge >= 0.3 is 5.97 Å². The minimum atomic E-state index is -1.05. The van der Waals surface area contributed by atoms with Crippen LogP contribution in [0.2, 0.25) is 0 Å². The van der Waals surface area contributed by atoms with Gasteiger partial charge in [0.1, 0.15) is 17.1 Å². The molecule has 0 atom stereocenters. The van der Waals surface area contributed by atoms with E-state index in [1.807, 2.05) is 31.2 Å². The fraction of sp³-hybridized carbons (Fsp3) is 0.143. The van der Waals surface area contributed by atoms with Gasteiger partial charge in [-0.25, -0.2) is 4.79 Å². The number of nitrogens with zero attached hydrogens (tertiary/aromatic N) is 1. The van der Waals surface area contributed by atoms with E-state index in [-0.39, 0.29) is 5.56 Å². The summed E-state index contributed by atoms with van der Waals surface area (Å²) in [5, 5.41) is 9.05. The molecular weight excluding hydrogens is 230 g/mol. The first-order valence-electron chi connectivity index (χ1n) is 5.65. The van der Waals surface area contributed by atoms with E-state index in [2.05, 4.69) is 4.98 Å². The molecule has 0 unspecified atom stereocenters. The van der Waals surface area contributed by atoms with Crippen LogP contribution in [0.4, 0.5) is 0 Å². The van der Waals surface area contributed by atoms with Crippen LogP contribution < -0.4 is 4.74 Å². The van der Waals surface area contributed by atoms with Gasteiger partial charge in [0.05, 0.1) is 0 Å². The summed E-state index contributed by atoms with van der Waals surface area (Å²) in [5.74, 6) is -0.0702. The summed E-state index contributed by atoms with van der Waals surface area (Å²) in [4.78, 5) is 14.8. The van der Waals surface area contributed by atoms with Crippen molar-refractivity contribution >= 4 is 5.97 Å². The van der Waals surface area contributed by atoms with Crippen LogP contribution in [-0.4, -0.2) is 16.1 Å². The summed E-state index contributed by atoms with van der Waals surface area (Å²) in [6.45, 7) is 2.02. The van der Waals surface area contributed by atoms with E-state index in [0.717, 1.165) is 12.0 Å². The van der Waals surface area contributed by atoms with Gasteiger partial charge in [0.25, 0.3) is 0 Å². The van der Waals surface area contributed by atoms with Gasteiger partial charge in [0.15, 0.2) is 0 Å². The van der Waals surface area contributed by atoms with Gasteiger partial charge in [-0.05, 0) is 18.1 Å². The van der Waals surface area contributed by atoms with Crippen molar-refractivity contribution in [2.75, 3.05) is 0 Å².